The van der Waals surface area contributed by atoms with Crippen LogP contribution in [0.1, 0.15) is 53.9 Å². The van der Waals surface area contributed by atoms with Gasteiger partial charge >= 0.3 is 0 Å². The molecule has 0 heterocycles. The lowest BCUT2D eigenvalue weighted by molar-refractivity contribution is 0.207. The Labute approximate surface area is 103 Å². The molecule has 0 aromatic heterocycles. The Bertz CT molecular complexity index is 155. The van der Waals surface area contributed by atoms with Crippen LogP contribution in [0.2, 0.25) is 0 Å². The molecular formula is C14H32N2. The molecule has 98 valence electrons. The maximum absolute atomic E-state index is 2.59. The van der Waals surface area contributed by atoms with Crippen molar-refractivity contribution in [2.45, 2.75) is 66.0 Å². The lowest BCUT2D eigenvalue weighted by Crippen LogP contribution is -2.33. The molecule has 0 N–H and O–H groups in total. The highest BCUT2D eigenvalue weighted by Crippen LogP contribution is 2.04. The van der Waals surface area contributed by atoms with Crippen LogP contribution in [0, 0.1) is 0 Å². The number of hydrogen-bond acceptors (Lipinski definition) is 2. The van der Waals surface area contributed by atoms with Crippen molar-refractivity contribution >= 4 is 0 Å². The molecular weight excluding hydrogens is 196 g/mol. The van der Waals surface area contributed by atoms with E-state index in [1.807, 2.05) is 0 Å². The van der Waals surface area contributed by atoms with Crippen molar-refractivity contribution in [3.8, 4) is 0 Å². The van der Waals surface area contributed by atoms with Gasteiger partial charge in [0, 0.05) is 12.1 Å². The average Bonchev–Trinajstić information content (AvgIpc) is 2.21. The van der Waals surface area contributed by atoms with E-state index in [9.17, 15) is 0 Å². The number of rotatable bonds is 9. The monoisotopic (exact) mass is 228 g/mol. The van der Waals surface area contributed by atoms with Crippen molar-refractivity contribution in [2.24, 2.45) is 0 Å². The van der Waals surface area contributed by atoms with E-state index in [1.165, 1.54) is 38.9 Å². The van der Waals surface area contributed by atoms with Gasteiger partial charge in [-0.25, -0.2) is 0 Å². The summed E-state index contributed by atoms with van der Waals surface area (Å²) >= 11 is 0. The second kappa shape index (κ2) is 9.00. The molecule has 0 radical (unpaired) electrons. The molecule has 0 aliphatic carbocycles. The van der Waals surface area contributed by atoms with Crippen molar-refractivity contribution in [3.05, 3.63) is 0 Å². The van der Waals surface area contributed by atoms with Crippen molar-refractivity contribution in [1.82, 2.24) is 9.80 Å². The molecule has 0 bridgehead atoms. The van der Waals surface area contributed by atoms with Crippen LogP contribution in [-0.2, 0) is 0 Å². The van der Waals surface area contributed by atoms with E-state index >= 15 is 0 Å². The highest BCUT2D eigenvalue weighted by molar-refractivity contribution is 4.63. The largest absolute Gasteiger partial charge is 0.304 e. The van der Waals surface area contributed by atoms with E-state index in [4.69, 9.17) is 0 Å². The molecule has 0 amide bonds. The SMILES string of the molecule is CCCN(CCCCN(C)C(C)C)C(C)C. The maximum atomic E-state index is 2.59. The van der Waals surface area contributed by atoms with Gasteiger partial charge in [0.2, 0.25) is 0 Å². The highest BCUT2D eigenvalue weighted by atomic mass is 15.1. The van der Waals surface area contributed by atoms with Gasteiger partial charge in [-0.2, -0.15) is 0 Å². The molecule has 0 unspecified atom stereocenters. The highest BCUT2D eigenvalue weighted by Gasteiger charge is 2.08. The second-order valence-corrected chi connectivity index (χ2v) is 5.41. The smallest absolute Gasteiger partial charge is 0.00385 e. The first-order valence-electron chi connectivity index (χ1n) is 6.93. The summed E-state index contributed by atoms with van der Waals surface area (Å²) in [7, 11) is 2.22. The van der Waals surface area contributed by atoms with Crippen LogP contribution in [0.3, 0.4) is 0 Å². The van der Waals surface area contributed by atoms with Gasteiger partial charge in [0.1, 0.15) is 0 Å². The van der Waals surface area contributed by atoms with Crippen molar-refractivity contribution < 1.29 is 0 Å². The minimum atomic E-state index is 0.678. The normalized spacial score (nSPS) is 12.4. The number of hydrogen-bond donors (Lipinski definition) is 0. The molecule has 0 saturated heterocycles. The Kier molecular flexibility index (Phi) is 8.96. The molecule has 0 fully saturated rings. The summed E-state index contributed by atoms with van der Waals surface area (Å²) in [4.78, 5) is 5.02. The second-order valence-electron chi connectivity index (χ2n) is 5.41. The van der Waals surface area contributed by atoms with Gasteiger partial charge in [0.15, 0.2) is 0 Å². The zero-order valence-corrected chi connectivity index (χ0v) is 12.3. The summed E-state index contributed by atoms with van der Waals surface area (Å²) in [5, 5.41) is 0. The fourth-order valence-corrected chi connectivity index (χ4v) is 1.85. The first kappa shape index (κ1) is 15.9. The minimum absolute atomic E-state index is 0.678. The van der Waals surface area contributed by atoms with Gasteiger partial charge in [-0.3, -0.25) is 0 Å². The summed E-state index contributed by atoms with van der Waals surface area (Å²) in [6.07, 6.45) is 3.92. The molecule has 0 rings (SSSR count). The van der Waals surface area contributed by atoms with Crippen LogP contribution in [-0.4, -0.2) is 48.6 Å². The molecule has 16 heavy (non-hydrogen) atoms. The van der Waals surface area contributed by atoms with E-state index in [2.05, 4.69) is 51.5 Å². The van der Waals surface area contributed by atoms with Crippen LogP contribution in [0.5, 0.6) is 0 Å². The number of nitrogens with zero attached hydrogens (tertiary/aromatic N) is 2. The van der Waals surface area contributed by atoms with Crippen LogP contribution in [0.25, 0.3) is 0 Å². The minimum Gasteiger partial charge on any atom is -0.304 e. The van der Waals surface area contributed by atoms with Crippen LogP contribution < -0.4 is 0 Å². The van der Waals surface area contributed by atoms with Crippen LogP contribution in [0.4, 0.5) is 0 Å². The number of unbranched alkanes of at least 4 members (excludes halogenated alkanes) is 1. The fraction of sp³-hybridized carbons (Fsp3) is 1.00. The Balaban J connectivity index is 3.62. The molecule has 2 heteroatoms. The summed E-state index contributed by atoms with van der Waals surface area (Å²) in [5.74, 6) is 0. The maximum Gasteiger partial charge on any atom is 0.00385 e. The van der Waals surface area contributed by atoms with Crippen molar-refractivity contribution in [2.75, 3.05) is 26.7 Å². The Morgan fingerprint density at radius 3 is 1.81 bits per heavy atom. The Hall–Kier alpha value is -0.0800. The predicted octanol–water partition coefficient (Wildman–Crippen LogP) is 3.23. The summed E-state index contributed by atoms with van der Waals surface area (Å²) in [6.45, 7) is 15.1. The summed E-state index contributed by atoms with van der Waals surface area (Å²) in [6, 6.07) is 1.37. The molecule has 0 aromatic rings. The average molecular weight is 228 g/mol. The van der Waals surface area contributed by atoms with Gasteiger partial charge in [0.05, 0.1) is 0 Å². The van der Waals surface area contributed by atoms with Gasteiger partial charge in [-0.05, 0) is 73.6 Å². The third kappa shape index (κ3) is 7.24. The van der Waals surface area contributed by atoms with E-state index in [-0.39, 0.29) is 0 Å². The molecule has 0 aliphatic heterocycles. The molecule has 2 nitrogen and oxygen atoms in total. The molecule has 0 aliphatic rings. The quantitative estimate of drug-likeness (QED) is 0.559. The van der Waals surface area contributed by atoms with Crippen LogP contribution >= 0.6 is 0 Å². The van der Waals surface area contributed by atoms with E-state index in [0.29, 0.717) is 12.1 Å². The van der Waals surface area contributed by atoms with E-state index in [1.54, 1.807) is 0 Å². The van der Waals surface area contributed by atoms with E-state index < -0.39 is 0 Å². The van der Waals surface area contributed by atoms with Crippen molar-refractivity contribution in [3.63, 3.8) is 0 Å². The Morgan fingerprint density at radius 2 is 1.38 bits per heavy atom. The lowest BCUT2D eigenvalue weighted by atomic mass is 10.2. The van der Waals surface area contributed by atoms with Crippen molar-refractivity contribution in [1.29, 1.82) is 0 Å². The third-order valence-electron chi connectivity index (χ3n) is 3.33. The first-order valence-corrected chi connectivity index (χ1v) is 6.93. The van der Waals surface area contributed by atoms with E-state index in [0.717, 1.165) is 0 Å². The molecule has 0 aromatic carbocycles. The zero-order valence-electron chi connectivity index (χ0n) is 12.3. The topological polar surface area (TPSA) is 6.48 Å². The molecule has 0 saturated carbocycles. The molecule has 0 atom stereocenters. The lowest BCUT2D eigenvalue weighted by Gasteiger charge is -2.26. The summed E-state index contributed by atoms with van der Waals surface area (Å²) < 4.78 is 0. The first-order chi connectivity index (χ1) is 7.49. The third-order valence-corrected chi connectivity index (χ3v) is 3.33. The predicted molar refractivity (Wildman–Crippen MR) is 74.0 cm³/mol. The fourth-order valence-electron chi connectivity index (χ4n) is 1.85. The molecule has 0 spiro atoms. The van der Waals surface area contributed by atoms with Gasteiger partial charge in [0.25, 0.3) is 0 Å². The van der Waals surface area contributed by atoms with Crippen LogP contribution in [0.15, 0.2) is 0 Å². The van der Waals surface area contributed by atoms with Gasteiger partial charge in [-0.15, -0.1) is 0 Å². The van der Waals surface area contributed by atoms with Gasteiger partial charge < -0.3 is 9.80 Å². The summed E-state index contributed by atoms with van der Waals surface area (Å²) in [5.41, 5.74) is 0. The standard InChI is InChI=1S/C14H32N2/c1-7-10-16(14(4)5)12-9-8-11-15(6)13(2)3/h13-14H,7-12H2,1-6H3. The van der Waals surface area contributed by atoms with Gasteiger partial charge in [-0.1, -0.05) is 6.92 Å². The Morgan fingerprint density at radius 1 is 0.812 bits per heavy atom. The zero-order chi connectivity index (χ0) is 12.6.